The number of ether oxygens (including phenoxy) is 2. The monoisotopic (exact) mass is 627 g/mol. The first kappa shape index (κ1) is 31.7. The predicted octanol–water partition coefficient (Wildman–Crippen LogP) is 2.11. The molecule has 0 aliphatic carbocycles. The van der Waals surface area contributed by atoms with Gasteiger partial charge in [-0.25, -0.2) is 4.68 Å². The van der Waals surface area contributed by atoms with Gasteiger partial charge >= 0.3 is 0 Å². The van der Waals surface area contributed by atoms with Gasteiger partial charge < -0.3 is 35.4 Å². The summed E-state index contributed by atoms with van der Waals surface area (Å²) in [5.41, 5.74) is 0.738. The molecule has 2 aromatic rings. The molecule has 44 heavy (non-hydrogen) atoms. The number of hydrogen-bond donors (Lipinski definition) is 5. The van der Waals surface area contributed by atoms with E-state index in [1.54, 1.807) is 4.68 Å². The van der Waals surface area contributed by atoms with Crippen LogP contribution in [0.1, 0.15) is 56.9 Å². The quantitative estimate of drug-likeness (QED) is 0.301. The number of benzene rings is 1. The number of thioether (sulfide) groups is 1. The van der Waals surface area contributed by atoms with Gasteiger partial charge in [0, 0.05) is 13.2 Å². The summed E-state index contributed by atoms with van der Waals surface area (Å²) in [5, 5.41) is 47.8. The second kappa shape index (κ2) is 14.0. The molecule has 1 aromatic carbocycles. The van der Waals surface area contributed by atoms with E-state index in [9.17, 15) is 20.1 Å². The highest BCUT2D eigenvalue weighted by molar-refractivity contribution is 8.00. The van der Waals surface area contributed by atoms with Gasteiger partial charge in [-0.05, 0) is 62.0 Å². The van der Waals surface area contributed by atoms with Gasteiger partial charge in [-0.3, -0.25) is 4.79 Å². The van der Waals surface area contributed by atoms with Crippen LogP contribution in [0.2, 0.25) is 0 Å². The smallest absolute Gasteiger partial charge is 0.240 e. The molecular formula is C32H45N5O6S. The lowest BCUT2D eigenvalue weighted by Gasteiger charge is -2.44. The van der Waals surface area contributed by atoms with Gasteiger partial charge in [0.15, 0.2) is 0 Å². The zero-order valence-electron chi connectivity index (χ0n) is 25.3. The van der Waals surface area contributed by atoms with Crippen molar-refractivity contribution in [2.45, 2.75) is 99.2 Å². The van der Waals surface area contributed by atoms with Gasteiger partial charge in [-0.15, -0.1) is 16.9 Å². The number of aliphatic hydroxyl groups is 3. The third kappa shape index (κ3) is 6.91. The second-order valence-electron chi connectivity index (χ2n) is 13.0. The Labute approximate surface area is 262 Å². The fraction of sp³-hybridized carbons (Fsp3) is 0.656. The summed E-state index contributed by atoms with van der Waals surface area (Å²) in [6.45, 7) is 5.86. The van der Waals surface area contributed by atoms with Crippen LogP contribution >= 0.6 is 11.8 Å². The van der Waals surface area contributed by atoms with E-state index in [4.69, 9.17) is 9.47 Å². The molecular weight excluding hydrogens is 582 g/mol. The molecule has 2 bridgehead atoms. The number of hydrogen-bond acceptors (Lipinski definition) is 10. The number of amides is 1. The van der Waals surface area contributed by atoms with Crippen molar-refractivity contribution < 1.29 is 29.6 Å². The van der Waals surface area contributed by atoms with Crippen molar-refractivity contribution in [2.75, 3.05) is 13.2 Å². The molecule has 5 heterocycles. The summed E-state index contributed by atoms with van der Waals surface area (Å²) in [4.78, 5) is 13.7. The van der Waals surface area contributed by atoms with E-state index in [2.05, 4.69) is 34.8 Å². The molecule has 3 saturated heterocycles. The Kier molecular flexibility index (Phi) is 10.1. The molecule has 12 heteroatoms. The SMILES string of the molecule is CC(C)C[C@@H]1CCO[C@@H]2[C@H](CN[C@@H]2C(=O)N[C@@H]2C/C=C\C[C@@H](c3cn(-c4ccccc4)nn3)SC3OC2C(O)C(O)C3O)C1. The molecule has 1 aromatic heterocycles. The van der Waals surface area contributed by atoms with Crippen LogP contribution in [0.3, 0.4) is 0 Å². The highest BCUT2D eigenvalue weighted by Gasteiger charge is 2.49. The van der Waals surface area contributed by atoms with Gasteiger partial charge in [0.25, 0.3) is 0 Å². The third-order valence-corrected chi connectivity index (χ3v) is 10.8. The van der Waals surface area contributed by atoms with Gasteiger partial charge in [0.05, 0.1) is 35.0 Å². The number of fused-ring (bicyclic) bond motifs is 3. The van der Waals surface area contributed by atoms with Crippen LogP contribution in [0.15, 0.2) is 48.7 Å². The molecule has 4 aliphatic rings. The first-order valence-electron chi connectivity index (χ1n) is 15.9. The molecule has 1 amide bonds. The molecule has 5 unspecified atom stereocenters. The minimum absolute atomic E-state index is 0.203. The maximum Gasteiger partial charge on any atom is 0.240 e. The Hall–Kier alpha value is -2.32. The van der Waals surface area contributed by atoms with Crippen molar-refractivity contribution >= 4 is 17.7 Å². The molecule has 0 saturated carbocycles. The molecule has 11 nitrogen and oxygen atoms in total. The molecule has 4 aliphatic heterocycles. The summed E-state index contributed by atoms with van der Waals surface area (Å²) in [6, 6.07) is 8.56. The Morgan fingerprint density at radius 3 is 2.70 bits per heavy atom. The minimum atomic E-state index is -1.44. The highest BCUT2D eigenvalue weighted by atomic mass is 32.2. The predicted molar refractivity (Wildman–Crippen MR) is 166 cm³/mol. The number of carbonyl (C=O) groups is 1. The largest absolute Gasteiger partial charge is 0.388 e. The van der Waals surface area contributed by atoms with E-state index in [-0.39, 0.29) is 23.2 Å². The topological polar surface area (TPSA) is 151 Å². The zero-order valence-corrected chi connectivity index (χ0v) is 26.1. The first-order valence-corrected chi connectivity index (χ1v) is 16.9. The minimum Gasteiger partial charge on any atom is -0.388 e. The summed E-state index contributed by atoms with van der Waals surface area (Å²) in [7, 11) is 0. The van der Waals surface area contributed by atoms with Crippen molar-refractivity contribution in [1.29, 1.82) is 0 Å². The number of allylic oxidation sites excluding steroid dienone is 1. The van der Waals surface area contributed by atoms with Crippen molar-refractivity contribution in [2.24, 2.45) is 17.8 Å². The molecule has 6 rings (SSSR count). The lowest BCUT2D eigenvalue weighted by molar-refractivity contribution is -0.205. The van der Waals surface area contributed by atoms with E-state index in [0.717, 1.165) is 31.5 Å². The van der Waals surface area contributed by atoms with Crippen LogP contribution in [0.4, 0.5) is 0 Å². The fourth-order valence-electron chi connectivity index (χ4n) is 7.14. The molecule has 3 fully saturated rings. The van der Waals surface area contributed by atoms with E-state index in [1.165, 1.54) is 11.8 Å². The first-order chi connectivity index (χ1) is 21.3. The summed E-state index contributed by atoms with van der Waals surface area (Å²) >= 11 is 1.33. The van der Waals surface area contributed by atoms with E-state index in [1.807, 2.05) is 48.7 Å². The number of aliphatic hydroxyl groups excluding tert-OH is 3. The van der Waals surface area contributed by atoms with Gasteiger partial charge in [-0.1, -0.05) is 49.4 Å². The number of rotatable bonds is 6. The van der Waals surface area contributed by atoms with Crippen molar-refractivity contribution in [3.63, 3.8) is 0 Å². The van der Waals surface area contributed by atoms with Gasteiger partial charge in [0.1, 0.15) is 35.9 Å². The normalized spacial score (nSPS) is 38.5. The van der Waals surface area contributed by atoms with Crippen LogP contribution < -0.4 is 10.6 Å². The van der Waals surface area contributed by atoms with Crippen molar-refractivity contribution in [3.8, 4) is 5.69 Å². The molecule has 240 valence electrons. The number of nitrogens with one attached hydrogen (secondary N) is 2. The standard InChI is InChI=1S/C32H45N5O6S/c1-18(2)14-19-12-13-42-29-20(15-19)16-33-25(29)31(41)34-22-10-6-7-11-24(44-32-28(40)26(38)27(39)30(22)43-32)23-17-37(36-35-23)21-8-4-3-5-9-21/h3-9,17-20,22,24-30,32-33,38-40H,10-16H2,1-2H3,(H,34,41)/b7-6-/t19-,20-,22+,24-,25-,26?,27?,28?,29+,30?,32?/m0/s1. The van der Waals surface area contributed by atoms with Crippen LogP contribution in [-0.4, -0.2) is 97.4 Å². The number of aromatic nitrogens is 3. The van der Waals surface area contributed by atoms with Crippen LogP contribution in [0, 0.1) is 17.8 Å². The van der Waals surface area contributed by atoms with Gasteiger partial charge in [-0.2, -0.15) is 0 Å². The Morgan fingerprint density at radius 2 is 1.91 bits per heavy atom. The lowest BCUT2D eigenvalue weighted by atomic mass is 9.85. The van der Waals surface area contributed by atoms with Crippen molar-refractivity contribution in [1.82, 2.24) is 25.6 Å². The van der Waals surface area contributed by atoms with Gasteiger partial charge in [0.2, 0.25) is 5.91 Å². The van der Waals surface area contributed by atoms with E-state index in [0.29, 0.717) is 37.0 Å². The Bertz CT molecular complexity index is 1280. The second-order valence-corrected chi connectivity index (χ2v) is 14.4. The average Bonchev–Trinajstić information content (AvgIpc) is 3.61. The molecule has 11 atom stereocenters. The van der Waals surface area contributed by atoms with Crippen molar-refractivity contribution in [3.05, 3.63) is 54.4 Å². The van der Waals surface area contributed by atoms with Crippen LogP contribution in [-0.2, 0) is 14.3 Å². The number of para-hydroxylation sites is 1. The average molecular weight is 628 g/mol. The molecule has 0 radical (unpaired) electrons. The maximum absolute atomic E-state index is 13.7. The summed E-state index contributed by atoms with van der Waals surface area (Å²) < 4.78 is 14.3. The molecule has 5 N–H and O–H groups in total. The Balaban J connectivity index is 1.17. The summed E-state index contributed by atoms with van der Waals surface area (Å²) in [5.74, 6) is 1.29. The fourth-order valence-corrected chi connectivity index (χ4v) is 8.45. The maximum atomic E-state index is 13.7. The molecule has 0 spiro atoms. The Morgan fingerprint density at radius 1 is 1.11 bits per heavy atom. The lowest BCUT2D eigenvalue weighted by Crippen LogP contribution is -2.64. The van der Waals surface area contributed by atoms with Crippen LogP contribution in [0.25, 0.3) is 5.69 Å². The van der Waals surface area contributed by atoms with E-state index < -0.39 is 41.9 Å². The number of nitrogens with zero attached hydrogens (tertiary/aromatic N) is 3. The van der Waals surface area contributed by atoms with Crippen LogP contribution in [0.5, 0.6) is 0 Å². The highest BCUT2D eigenvalue weighted by Crippen LogP contribution is 2.41. The number of carbonyl (C=O) groups excluding carboxylic acids is 1. The summed E-state index contributed by atoms with van der Waals surface area (Å²) in [6.07, 6.45) is 4.75. The zero-order chi connectivity index (χ0) is 30.8. The van der Waals surface area contributed by atoms with E-state index >= 15 is 0 Å². The third-order valence-electron chi connectivity index (χ3n) is 9.35.